The van der Waals surface area contributed by atoms with Gasteiger partial charge in [-0.1, -0.05) is 6.08 Å². The van der Waals surface area contributed by atoms with E-state index in [4.69, 9.17) is 5.73 Å². The van der Waals surface area contributed by atoms with Gasteiger partial charge in [-0.05, 0) is 13.8 Å². The molecular formula is C8H11NO4. The average Bonchev–Trinajstić information content (AvgIpc) is 2.06. The number of nitrogens with two attached hydrogens (primary N) is 1. The van der Waals surface area contributed by atoms with Crippen LogP contribution in [0.2, 0.25) is 0 Å². The fourth-order valence-electron chi connectivity index (χ4n) is 0.477. The minimum atomic E-state index is -0.972. The predicted molar refractivity (Wildman–Crippen MR) is 44.6 cm³/mol. The van der Waals surface area contributed by atoms with Gasteiger partial charge in [0.1, 0.15) is 6.04 Å². The smallest absolute Gasteiger partial charge is 0.348 e. The summed E-state index contributed by atoms with van der Waals surface area (Å²) in [7, 11) is 0. The normalized spacial score (nSPS) is 13.3. The third-order valence-corrected chi connectivity index (χ3v) is 1.24. The van der Waals surface area contributed by atoms with Gasteiger partial charge in [-0.25, -0.2) is 9.59 Å². The number of esters is 2. The Morgan fingerprint density at radius 1 is 1.46 bits per heavy atom. The second-order valence-electron chi connectivity index (χ2n) is 2.36. The first-order valence-corrected chi connectivity index (χ1v) is 3.66. The molecule has 0 fully saturated rings. The average molecular weight is 185 g/mol. The molecule has 0 aromatic heterocycles. The van der Waals surface area contributed by atoms with Crippen LogP contribution in [0.3, 0.4) is 0 Å². The number of allylic oxidation sites excluding steroid dienone is 1. The SMILES string of the molecule is C/C=C(\C=O)C(=O)OC(=O)[C@H](C)N. The van der Waals surface area contributed by atoms with Crippen LogP contribution in [-0.4, -0.2) is 24.3 Å². The summed E-state index contributed by atoms with van der Waals surface area (Å²) in [6.07, 6.45) is 1.57. The molecule has 13 heavy (non-hydrogen) atoms. The molecule has 0 spiro atoms. The Morgan fingerprint density at radius 2 is 2.00 bits per heavy atom. The highest BCUT2D eigenvalue weighted by molar-refractivity contribution is 6.10. The lowest BCUT2D eigenvalue weighted by Gasteiger charge is -2.03. The van der Waals surface area contributed by atoms with Crippen molar-refractivity contribution >= 4 is 18.2 Å². The van der Waals surface area contributed by atoms with Gasteiger partial charge in [0.2, 0.25) is 0 Å². The van der Waals surface area contributed by atoms with Crippen LogP contribution in [0.5, 0.6) is 0 Å². The minimum Gasteiger partial charge on any atom is -0.388 e. The molecule has 1 atom stereocenters. The molecule has 0 saturated heterocycles. The molecule has 5 nitrogen and oxygen atoms in total. The second kappa shape index (κ2) is 5.21. The molecule has 5 heteroatoms. The van der Waals surface area contributed by atoms with Crippen molar-refractivity contribution < 1.29 is 19.1 Å². The van der Waals surface area contributed by atoms with Crippen molar-refractivity contribution in [3.63, 3.8) is 0 Å². The van der Waals surface area contributed by atoms with Crippen molar-refractivity contribution in [1.29, 1.82) is 0 Å². The first-order valence-electron chi connectivity index (χ1n) is 3.66. The van der Waals surface area contributed by atoms with E-state index in [1.807, 2.05) is 0 Å². The third kappa shape index (κ3) is 3.62. The van der Waals surface area contributed by atoms with Gasteiger partial charge < -0.3 is 10.5 Å². The van der Waals surface area contributed by atoms with E-state index < -0.39 is 18.0 Å². The van der Waals surface area contributed by atoms with Gasteiger partial charge in [0.05, 0.1) is 5.57 Å². The van der Waals surface area contributed by atoms with E-state index in [2.05, 4.69) is 4.74 Å². The summed E-state index contributed by atoms with van der Waals surface area (Å²) >= 11 is 0. The fraction of sp³-hybridized carbons (Fsp3) is 0.375. The molecule has 0 unspecified atom stereocenters. The maximum absolute atomic E-state index is 10.9. The van der Waals surface area contributed by atoms with Gasteiger partial charge in [0.25, 0.3) is 0 Å². The highest BCUT2D eigenvalue weighted by Crippen LogP contribution is 1.95. The lowest BCUT2D eigenvalue weighted by atomic mass is 10.3. The predicted octanol–water partition coefficient (Wildman–Crippen LogP) is -0.451. The number of ether oxygens (including phenoxy) is 1. The van der Waals surface area contributed by atoms with Crippen molar-refractivity contribution in [2.75, 3.05) is 0 Å². The van der Waals surface area contributed by atoms with Gasteiger partial charge in [-0.15, -0.1) is 0 Å². The minimum absolute atomic E-state index is 0.200. The van der Waals surface area contributed by atoms with Crippen LogP contribution < -0.4 is 5.73 Å². The van der Waals surface area contributed by atoms with Gasteiger partial charge in [-0.2, -0.15) is 0 Å². The molecule has 0 aliphatic heterocycles. The zero-order chi connectivity index (χ0) is 10.4. The summed E-state index contributed by atoms with van der Waals surface area (Å²) in [4.78, 5) is 31.9. The van der Waals surface area contributed by atoms with E-state index in [0.29, 0.717) is 6.29 Å². The number of hydrogen-bond acceptors (Lipinski definition) is 5. The molecule has 0 aliphatic rings. The molecule has 0 bridgehead atoms. The Morgan fingerprint density at radius 3 is 2.31 bits per heavy atom. The maximum atomic E-state index is 10.9. The van der Waals surface area contributed by atoms with E-state index in [1.165, 1.54) is 19.9 Å². The van der Waals surface area contributed by atoms with Crippen LogP contribution in [0.1, 0.15) is 13.8 Å². The molecule has 0 radical (unpaired) electrons. The highest BCUT2D eigenvalue weighted by Gasteiger charge is 2.16. The lowest BCUT2D eigenvalue weighted by molar-refractivity contribution is -0.157. The van der Waals surface area contributed by atoms with Crippen LogP contribution in [0, 0.1) is 0 Å². The molecule has 0 aliphatic carbocycles. The molecule has 72 valence electrons. The zero-order valence-electron chi connectivity index (χ0n) is 7.44. The highest BCUT2D eigenvalue weighted by atomic mass is 16.6. The summed E-state index contributed by atoms with van der Waals surface area (Å²) in [5.41, 5.74) is 4.93. The summed E-state index contributed by atoms with van der Waals surface area (Å²) in [6, 6.07) is -0.881. The quantitative estimate of drug-likeness (QED) is 0.211. The number of carbonyl (C=O) groups is 3. The first-order chi connectivity index (χ1) is 6.02. The van der Waals surface area contributed by atoms with E-state index in [1.54, 1.807) is 0 Å². The van der Waals surface area contributed by atoms with Crippen molar-refractivity contribution in [2.45, 2.75) is 19.9 Å². The molecule has 0 heterocycles. The van der Waals surface area contributed by atoms with Crippen LogP contribution in [0.4, 0.5) is 0 Å². The fourth-order valence-corrected chi connectivity index (χ4v) is 0.477. The Labute approximate surface area is 75.5 Å². The van der Waals surface area contributed by atoms with Crippen LogP contribution >= 0.6 is 0 Å². The van der Waals surface area contributed by atoms with Crippen molar-refractivity contribution in [2.24, 2.45) is 5.73 Å². The van der Waals surface area contributed by atoms with Gasteiger partial charge in [-0.3, -0.25) is 4.79 Å². The molecule has 0 rings (SSSR count). The molecule has 0 aromatic carbocycles. The van der Waals surface area contributed by atoms with Gasteiger partial charge in [0, 0.05) is 0 Å². The Kier molecular flexibility index (Phi) is 4.61. The number of rotatable bonds is 3. The topological polar surface area (TPSA) is 86.5 Å². The molecule has 0 saturated carbocycles. The molecule has 2 N–H and O–H groups in total. The van der Waals surface area contributed by atoms with Crippen LogP contribution in [0.15, 0.2) is 11.6 Å². The van der Waals surface area contributed by atoms with E-state index in [0.717, 1.165) is 0 Å². The van der Waals surface area contributed by atoms with Gasteiger partial charge in [0.15, 0.2) is 6.29 Å². The van der Waals surface area contributed by atoms with E-state index >= 15 is 0 Å². The zero-order valence-corrected chi connectivity index (χ0v) is 7.44. The Bertz CT molecular complexity index is 255. The molecule has 0 amide bonds. The Hall–Kier alpha value is -1.49. The van der Waals surface area contributed by atoms with Crippen LogP contribution in [0.25, 0.3) is 0 Å². The standard InChI is InChI=1S/C8H11NO4/c1-3-6(4-10)8(12)13-7(11)5(2)9/h3-5H,9H2,1-2H3/b6-3+/t5-/m0/s1. The molecular weight excluding hydrogens is 174 g/mol. The number of carbonyl (C=O) groups excluding carboxylic acids is 3. The van der Waals surface area contributed by atoms with Crippen LogP contribution in [-0.2, 0) is 19.1 Å². The third-order valence-electron chi connectivity index (χ3n) is 1.24. The summed E-state index contributed by atoms with van der Waals surface area (Å²) in [6.45, 7) is 2.87. The monoisotopic (exact) mass is 185 g/mol. The van der Waals surface area contributed by atoms with Crippen molar-refractivity contribution in [3.8, 4) is 0 Å². The summed E-state index contributed by atoms with van der Waals surface area (Å²) in [5.74, 6) is -1.83. The second-order valence-corrected chi connectivity index (χ2v) is 2.36. The maximum Gasteiger partial charge on any atom is 0.348 e. The molecule has 0 aromatic rings. The van der Waals surface area contributed by atoms with Crippen molar-refractivity contribution in [1.82, 2.24) is 0 Å². The van der Waals surface area contributed by atoms with E-state index in [-0.39, 0.29) is 5.57 Å². The summed E-state index contributed by atoms with van der Waals surface area (Å²) in [5, 5.41) is 0. The number of aldehydes is 1. The van der Waals surface area contributed by atoms with E-state index in [9.17, 15) is 14.4 Å². The number of hydrogen-bond donors (Lipinski definition) is 1. The summed E-state index contributed by atoms with van der Waals surface area (Å²) < 4.78 is 4.25. The van der Waals surface area contributed by atoms with Crippen molar-refractivity contribution in [3.05, 3.63) is 11.6 Å². The first kappa shape index (κ1) is 11.5. The lowest BCUT2D eigenvalue weighted by Crippen LogP contribution is -2.31. The van der Waals surface area contributed by atoms with Gasteiger partial charge >= 0.3 is 11.9 Å². The largest absolute Gasteiger partial charge is 0.388 e. The Balaban J connectivity index is 4.31.